The second kappa shape index (κ2) is 6.43. The van der Waals surface area contributed by atoms with Crippen molar-refractivity contribution in [2.45, 2.75) is 24.8 Å². The van der Waals surface area contributed by atoms with Crippen LogP contribution < -0.4 is 9.46 Å². The minimum absolute atomic E-state index is 0.116. The van der Waals surface area contributed by atoms with E-state index in [0.29, 0.717) is 5.75 Å². The minimum Gasteiger partial charge on any atom is -0.495 e. The van der Waals surface area contributed by atoms with Crippen molar-refractivity contribution in [1.82, 2.24) is 4.72 Å². The largest absolute Gasteiger partial charge is 0.495 e. The van der Waals surface area contributed by atoms with Gasteiger partial charge >= 0.3 is 5.97 Å². The van der Waals surface area contributed by atoms with Gasteiger partial charge in [-0.15, -0.1) is 0 Å². The first kappa shape index (κ1) is 16.7. The fourth-order valence-corrected chi connectivity index (χ4v) is 3.21. The number of rotatable bonds is 6. The molecule has 8 heteroatoms. The number of hydrogen-bond donors (Lipinski definition) is 2. The maximum absolute atomic E-state index is 12.1. The van der Waals surface area contributed by atoms with E-state index >= 15 is 0 Å². The molecule has 0 aliphatic heterocycles. The normalized spacial score (nSPS) is 13.2. The van der Waals surface area contributed by atoms with Gasteiger partial charge in [0.2, 0.25) is 10.0 Å². The minimum atomic E-state index is -3.97. The van der Waals surface area contributed by atoms with Gasteiger partial charge in [0.1, 0.15) is 11.8 Å². The van der Waals surface area contributed by atoms with Crippen LogP contribution in [-0.2, 0) is 14.8 Å². The molecule has 1 rings (SSSR count). The summed E-state index contributed by atoms with van der Waals surface area (Å²) in [5.74, 6) is -1.29. The lowest BCUT2D eigenvalue weighted by Gasteiger charge is -2.18. The van der Waals surface area contributed by atoms with E-state index in [1.807, 2.05) is 0 Å². The molecule has 1 aromatic carbocycles. The smallest absolute Gasteiger partial charge is 0.322 e. The molecule has 112 valence electrons. The summed E-state index contributed by atoms with van der Waals surface area (Å²) < 4.78 is 31.3. The van der Waals surface area contributed by atoms with Crippen molar-refractivity contribution in [2.75, 3.05) is 7.11 Å². The molecular formula is C12H16ClNO5S. The highest BCUT2D eigenvalue weighted by Crippen LogP contribution is 2.27. The van der Waals surface area contributed by atoms with Gasteiger partial charge in [-0.2, -0.15) is 4.72 Å². The molecule has 2 N–H and O–H groups in total. The third-order valence-corrected chi connectivity index (χ3v) is 4.38. The highest BCUT2D eigenvalue weighted by molar-refractivity contribution is 7.89. The topological polar surface area (TPSA) is 92.7 Å². The van der Waals surface area contributed by atoms with E-state index in [1.165, 1.54) is 25.3 Å². The molecule has 0 unspecified atom stereocenters. The molecule has 1 atom stereocenters. The number of halogens is 1. The Hall–Kier alpha value is -1.31. The van der Waals surface area contributed by atoms with Crippen molar-refractivity contribution < 1.29 is 23.1 Å². The van der Waals surface area contributed by atoms with Crippen molar-refractivity contribution in [2.24, 2.45) is 5.92 Å². The Balaban J connectivity index is 3.11. The highest BCUT2D eigenvalue weighted by atomic mass is 35.5. The third-order valence-electron chi connectivity index (χ3n) is 2.65. The number of hydrogen-bond acceptors (Lipinski definition) is 4. The zero-order valence-electron chi connectivity index (χ0n) is 11.3. The number of benzene rings is 1. The second-order valence-corrected chi connectivity index (χ2v) is 6.60. The molecule has 0 aliphatic carbocycles. The Morgan fingerprint density at radius 3 is 2.40 bits per heavy atom. The van der Waals surface area contributed by atoms with E-state index in [0.717, 1.165) is 0 Å². The van der Waals surface area contributed by atoms with Crippen molar-refractivity contribution in [3.05, 3.63) is 23.2 Å². The quantitative estimate of drug-likeness (QED) is 0.832. The summed E-state index contributed by atoms with van der Waals surface area (Å²) in [5.41, 5.74) is 0. The molecule has 0 saturated carbocycles. The molecule has 0 aliphatic rings. The fourth-order valence-electron chi connectivity index (χ4n) is 1.52. The van der Waals surface area contributed by atoms with Gasteiger partial charge in [0.05, 0.1) is 17.0 Å². The predicted octanol–water partition coefficient (Wildman–Crippen LogP) is 1.74. The van der Waals surface area contributed by atoms with Crippen molar-refractivity contribution in [3.8, 4) is 5.75 Å². The van der Waals surface area contributed by atoms with E-state index in [-0.39, 0.29) is 9.92 Å². The Kier molecular flexibility index (Phi) is 5.38. The summed E-state index contributed by atoms with van der Waals surface area (Å²) in [4.78, 5) is 10.9. The van der Waals surface area contributed by atoms with Crippen LogP contribution >= 0.6 is 11.6 Å². The summed E-state index contributed by atoms with van der Waals surface area (Å²) in [5, 5.41) is 9.15. The molecule has 0 bridgehead atoms. The number of ether oxygens (including phenoxy) is 1. The van der Waals surface area contributed by atoms with Gasteiger partial charge in [0, 0.05) is 0 Å². The molecule has 20 heavy (non-hydrogen) atoms. The summed E-state index contributed by atoms with van der Waals surface area (Å²) in [7, 11) is -2.56. The number of nitrogens with one attached hydrogen (secondary N) is 1. The van der Waals surface area contributed by atoms with Gasteiger partial charge < -0.3 is 9.84 Å². The van der Waals surface area contributed by atoms with Gasteiger partial charge in [0.15, 0.2) is 0 Å². The first-order chi connectivity index (χ1) is 9.19. The van der Waals surface area contributed by atoms with Crippen molar-refractivity contribution >= 4 is 27.6 Å². The average molecular weight is 322 g/mol. The molecule has 0 amide bonds. The van der Waals surface area contributed by atoms with Crippen LogP contribution in [-0.4, -0.2) is 32.6 Å². The zero-order valence-corrected chi connectivity index (χ0v) is 12.8. The molecule has 0 heterocycles. The van der Waals surface area contributed by atoms with E-state index < -0.39 is 28.0 Å². The van der Waals surface area contributed by atoms with E-state index in [2.05, 4.69) is 4.72 Å². The Morgan fingerprint density at radius 1 is 1.40 bits per heavy atom. The number of carbonyl (C=O) groups is 1. The second-order valence-electron chi connectivity index (χ2n) is 4.48. The maximum atomic E-state index is 12.1. The highest BCUT2D eigenvalue weighted by Gasteiger charge is 2.28. The van der Waals surface area contributed by atoms with Crippen LogP contribution in [0.2, 0.25) is 5.02 Å². The first-order valence-electron chi connectivity index (χ1n) is 5.77. The van der Waals surface area contributed by atoms with Crippen LogP contribution in [0.15, 0.2) is 23.1 Å². The van der Waals surface area contributed by atoms with Gasteiger partial charge in [-0.3, -0.25) is 4.79 Å². The summed E-state index contributed by atoms with van der Waals surface area (Å²) in [6, 6.07) is 2.71. The molecule has 1 aromatic rings. The standard InChI is InChI=1S/C12H16ClNO5S/c1-7(2)11(12(15)16)14-20(17,18)8-4-5-10(19-3)9(13)6-8/h4-7,11,14H,1-3H3,(H,15,16)/t11-/m0/s1. The lowest BCUT2D eigenvalue weighted by atomic mass is 10.1. The molecule has 6 nitrogen and oxygen atoms in total. The van der Waals surface area contributed by atoms with Gasteiger partial charge in [-0.1, -0.05) is 25.4 Å². The number of aliphatic carboxylic acids is 1. The van der Waals surface area contributed by atoms with Crippen molar-refractivity contribution in [3.63, 3.8) is 0 Å². The Morgan fingerprint density at radius 2 is 2.00 bits per heavy atom. The summed E-state index contributed by atoms with van der Waals surface area (Å²) in [6.07, 6.45) is 0. The third kappa shape index (κ3) is 3.84. The van der Waals surface area contributed by atoms with E-state index in [9.17, 15) is 13.2 Å². The molecule has 0 spiro atoms. The number of carboxylic acid groups (broad SMARTS) is 1. The Labute approximate surface area is 122 Å². The van der Waals surface area contributed by atoms with Crippen LogP contribution in [0.4, 0.5) is 0 Å². The molecule has 0 radical (unpaired) electrons. The van der Waals surface area contributed by atoms with Crippen LogP contribution in [0.5, 0.6) is 5.75 Å². The SMILES string of the molecule is COc1ccc(S(=O)(=O)N[C@H](C(=O)O)C(C)C)cc1Cl. The summed E-state index contributed by atoms with van der Waals surface area (Å²) >= 11 is 5.86. The lowest BCUT2D eigenvalue weighted by molar-refractivity contribution is -0.140. The Bertz CT molecular complexity index is 600. The van der Waals surface area contributed by atoms with Gasteiger partial charge in [-0.25, -0.2) is 8.42 Å². The van der Waals surface area contributed by atoms with Crippen LogP contribution in [0.3, 0.4) is 0 Å². The lowest BCUT2D eigenvalue weighted by Crippen LogP contribution is -2.44. The first-order valence-corrected chi connectivity index (χ1v) is 7.64. The van der Waals surface area contributed by atoms with Gasteiger partial charge in [-0.05, 0) is 24.1 Å². The monoisotopic (exact) mass is 321 g/mol. The fraction of sp³-hybridized carbons (Fsp3) is 0.417. The van der Waals surface area contributed by atoms with Crippen LogP contribution in [0, 0.1) is 5.92 Å². The molecule has 0 fully saturated rings. The molecule has 0 saturated heterocycles. The van der Waals surface area contributed by atoms with E-state index in [1.54, 1.807) is 13.8 Å². The number of carboxylic acids is 1. The maximum Gasteiger partial charge on any atom is 0.322 e. The summed E-state index contributed by atoms with van der Waals surface area (Å²) in [6.45, 7) is 3.23. The average Bonchev–Trinajstić information content (AvgIpc) is 2.35. The van der Waals surface area contributed by atoms with E-state index in [4.69, 9.17) is 21.4 Å². The van der Waals surface area contributed by atoms with Crippen molar-refractivity contribution in [1.29, 1.82) is 0 Å². The molecular weight excluding hydrogens is 306 g/mol. The number of methoxy groups -OCH3 is 1. The zero-order chi connectivity index (χ0) is 15.5. The van der Waals surface area contributed by atoms with Crippen LogP contribution in [0.25, 0.3) is 0 Å². The van der Waals surface area contributed by atoms with Crippen LogP contribution in [0.1, 0.15) is 13.8 Å². The predicted molar refractivity (Wildman–Crippen MR) is 74.6 cm³/mol. The van der Waals surface area contributed by atoms with Gasteiger partial charge in [0.25, 0.3) is 0 Å². The molecule has 0 aromatic heterocycles. The number of sulfonamides is 1.